The minimum Gasteiger partial charge on any atom is -0.382 e. The maximum Gasteiger partial charge on any atom is 0.0701 e. The zero-order valence-corrected chi connectivity index (χ0v) is 13.4. The van der Waals surface area contributed by atoms with Crippen molar-refractivity contribution in [3.8, 4) is 0 Å². The largest absolute Gasteiger partial charge is 0.382 e. The standard InChI is InChI=1S/C16H33NO3/c1-3-16(15-7-5-4-6-8-15)17-9-10-19-13-14-20-12-11-18-2/h15-17H,3-14H2,1-2H3. The third kappa shape index (κ3) is 8.20. The van der Waals surface area contributed by atoms with Gasteiger partial charge < -0.3 is 19.5 Å². The minimum atomic E-state index is 0.650. The number of nitrogens with one attached hydrogen (secondary N) is 1. The Morgan fingerprint density at radius 1 is 0.950 bits per heavy atom. The summed E-state index contributed by atoms with van der Waals surface area (Å²) in [4.78, 5) is 0. The fourth-order valence-electron chi connectivity index (χ4n) is 2.96. The highest BCUT2D eigenvalue weighted by atomic mass is 16.5. The van der Waals surface area contributed by atoms with Crippen LogP contribution < -0.4 is 5.32 Å². The summed E-state index contributed by atoms with van der Waals surface area (Å²) in [5, 5.41) is 3.66. The third-order valence-electron chi connectivity index (χ3n) is 4.12. The van der Waals surface area contributed by atoms with Crippen LogP contribution in [0.25, 0.3) is 0 Å². The molecule has 1 aliphatic rings. The predicted octanol–water partition coefficient (Wildman–Crippen LogP) is 2.61. The van der Waals surface area contributed by atoms with Gasteiger partial charge in [0.2, 0.25) is 0 Å². The van der Waals surface area contributed by atoms with E-state index in [1.165, 1.54) is 38.5 Å². The average molecular weight is 287 g/mol. The van der Waals surface area contributed by atoms with E-state index in [1.807, 2.05) is 0 Å². The highest BCUT2D eigenvalue weighted by Gasteiger charge is 2.21. The summed E-state index contributed by atoms with van der Waals surface area (Å²) in [5.74, 6) is 0.881. The lowest BCUT2D eigenvalue weighted by molar-refractivity contribution is 0.0248. The van der Waals surface area contributed by atoms with Gasteiger partial charge in [-0.3, -0.25) is 0 Å². The van der Waals surface area contributed by atoms with Crippen molar-refractivity contribution in [2.24, 2.45) is 5.92 Å². The van der Waals surface area contributed by atoms with Gasteiger partial charge in [-0.05, 0) is 25.2 Å². The Morgan fingerprint density at radius 2 is 1.60 bits per heavy atom. The van der Waals surface area contributed by atoms with E-state index in [0.29, 0.717) is 32.5 Å². The van der Waals surface area contributed by atoms with Crippen molar-refractivity contribution in [2.45, 2.75) is 51.5 Å². The molecule has 0 aromatic rings. The summed E-state index contributed by atoms with van der Waals surface area (Å²) < 4.78 is 15.8. The van der Waals surface area contributed by atoms with Crippen molar-refractivity contribution in [2.75, 3.05) is 46.7 Å². The number of hydrogen-bond donors (Lipinski definition) is 1. The number of methoxy groups -OCH3 is 1. The lowest BCUT2D eigenvalue weighted by Crippen LogP contribution is -2.38. The molecule has 1 saturated carbocycles. The number of ether oxygens (including phenoxy) is 3. The molecule has 0 aromatic carbocycles. The molecule has 20 heavy (non-hydrogen) atoms. The highest BCUT2D eigenvalue weighted by Crippen LogP contribution is 2.27. The molecule has 1 N–H and O–H groups in total. The first-order valence-electron chi connectivity index (χ1n) is 8.26. The maximum absolute atomic E-state index is 5.57. The van der Waals surface area contributed by atoms with Crippen molar-refractivity contribution in [3.05, 3.63) is 0 Å². The molecule has 1 aliphatic carbocycles. The molecule has 1 atom stereocenters. The molecule has 0 aliphatic heterocycles. The summed E-state index contributed by atoms with van der Waals surface area (Å²) in [6, 6.07) is 0.678. The van der Waals surface area contributed by atoms with Gasteiger partial charge in [-0.25, -0.2) is 0 Å². The molecule has 0 heterocycles. The Labute approximate surface area is 124 Å². The Morgan fingerprint density at radius 3 is 2.25 bits per heavy atom. The van der Waals surface area contributed by atoms with Gasteiger partial charge in [0.1, 0.15) is 0 Å². The maximum atomic E-state index is 5.57. The van der Waals surface area contributed by atoms with Crippen molar-refractivity contribution >= 4 is 0 Å². The second-order valence-corrected chi connectivity index (χ2v) is 5.58. The van der Waals surface area contributed by atoms with E-state index in [9.17, 15) is 0 Å². The van der Waals surface area contributed by atoms with Crippen LogP contribution >= 0.6 is 0 Å². The molecular weight excluding hydrogens is 254 g/mol. The molecule has 0 spiro atoms. The van der Waals surface area contributed by atoms with Crippen LogP contribution in [0, 0.1) is 5.92 Å². The van der Waals surface area contributed by atoms with Crippen molar-refractivity contribution in [1.29, 1.82) is 0 Å². The topological polar surface area (TPSA) is 39.7 Å². The summed E-state index contributed by atoms with van der Waals surface area (Å²) >= 11 is 0. The first-order valence-corrected chi connectivity index (χ1v) is 8.26. The number of rotatable bonds is 12. The quantitative estimate of drug-likeness (QED) is 0.560. The Bertz CT molecular complexity index is 208. The summed E-state index contributed by atoms with van der Waals surface area (Å²) in [7, 11) is 1.68. The van der Waals surface area contributed by atoms with E-state index < -0.39 is 0 Å². The first kappa shape index (κ1) is 17.9. The second kappa shape index (κ2) is 12.6. The third-order valence-corrected chi connectivity index (χ3v) is 4.12. The van der Waals surface area contributed by atoms with Crippen LogP contribution in [0.1, 0.15) is 45.4 Å². The van der Waals surface area contributed by atoms with Crippen LogP contribution in [0.15, 0.2) is 0 Å². The SMILES string of the molecule is CCC(NCCOCCOCCOC)C1CCCCC1. The second-order valence-electron chi connectivity index (χ2n) is 5.58. The summed E-state index contributed by atoms with van der Waals surface area (Å²) in [6.45, 7) is 6.65. The monoisotopic (exact) mass is 287 g/mol. The van der Waals surface area contributed by atoms with Crippen LogP contribution in [0.2, 0.25) is 0 Å². The summed E-state index contributed by atoms with van der Waals surface area (Å²) in [6.07, 6.45) is 8.29. The first-order chi connectivity index (χ1) is 9.88. The zero-order valence-electron chi connectivity index (χ0n) is 13.4. The van der Waals surface area contributed by atoms with Gasteiger partial charge >= 0.3 is 0 Å². The van der Waals surface area contributed by atoms with Crippen LogP contribution in [0.3, 0.4) is 0 Å². The van der Waals surface area contributed by atoms with Crippen LogP contribution in [-0.2, 0) is 14.2 Å². The lowest BCUT2D eigenvalue weighted by atomic mass is 9.83. The van der Waals surface area contributed by atoms with E-state index in [-0.39, 0.29) is 0 Å². The molecule has 1 unspecified atom stereocenters. The van der Waals surface area contributed by atoms with Gasteiger partial charge in [0, 0.05) is 19.7 Å². The average Bonchev–Trinajstić information content (AvgIpc) is 2.50. The van der Waals surface area contributed by atoms with Crippen molar-refractivity contribution < 1.29 is 14.2 Å². The van der Waals surface area contributed by atoms with E-state index >= 15 is 0 Å². The normalized spacial score (nSPS) is 18.3. The molecule has 4 heteroatoms. The zero-order chi connectivity index (χ0) is 14.5. The Hall–Kier alpha value is -0.160. The van der Waals surface area contributed by atoms with Crippen molar-refractivity contribution in [3.63, 3.8) is 0 Å². The Kier molecular flexibility index (Phi) is 11.2. The smallest absolute Gasteiger partial charge is 0.0701 e. The Balaban J connectivity index is 1.93. The van der Waals surface area contributed by atoms with Crippen LogP contribution in [0.5, 0.6) is 0 Å². The molecule has 0 amide bonds. The van der Waals surface area contributed by atoms with Gasteiger partial charge in [0.25, 0.3) is 0 Å². The summed E-state index contributed by atoms with van der Waals surface area (Å²) in [5.41, 5.74) is 0. The van der Waals surface area contributed by atoms with Gasteiger partial charge in [0.05, 0.1) is 33.0 Å². The van der Waals surface area contributed by atoms with E-state index in [4.69, 9.17) is 14.2 Å². The fraction of sp³-hybridized carbons (Fsp3) is 1.00. The van der Waals surface area contributed by atoms with Crippen LogP contribution in [0.4, 0.5) is 0 Å². The highest BCUT2D eigenvalue weighted by molar-refractivity contribution is 4.78. The molecule has 0 aromatic heterocycles. The van der Waals surface area contributed by atoms with Crippen LogP contribution in [-0.4, -0.2) is 52.7 Å². The van der Waals surface area contributed by atoms with Gasteiger partial charge in [-0.1, -0.05) is 26.2 Å². The molecule has 0 saturated heterocycles. The lowest BCUT2D eigenvalue weighted by Gasteiger charge is -2.30. The molecular formula is C16H33NO3. The molecule has 1 rings (SSSR count). The number of hydrogen-bond acceptors (Lipinski definition) is 4. The van der Waals surface area contributed by atoms with E-state index in [1.54, 1.807) is 7.11 Å². The van der Waals surface area contributed by atoms with Gasteiger partial charge in [0.15, 0.2) is 0 Å². The minimum absolute atomic E-state index is 0.650. The van der Waals surface area contributed by atoms with Crippen molar-refractivity contribution in [1.82, 2.24) is 5.32 Å². The molecule has 120 valence electrons. The fourth-order valence-corrected chi connectivity index (χ4v) is 2.96. The molecule has 0 radical (unpaired) electrons. The molecule has 1 fully saturated rings. The molecule has 4 nitrogen and oxygen atoms in total. The van der Waals surface area contributed by atoms with E-state index in [2.05, 4.69) is 12.2 Å². The molecule has 0 bridgehead atoms. The predicted molar refractivity (Wildman–Crippen MR) is 82.2 cm³/mol. The van der Waals surface area contributed by atoms with Gasteiger partial charge in [-0.2, -0.15) is 0 Å². The van der Waals surface area contributed by atoms with E-state index in [0.717, 1.165) is 19.1 Å². The van der Waals surface area contributed by atoms with Gasteiger partial charge in [-0.15, -0.1) is 0 Å².